The normalized spacial score (nSPS) is 14.6. The van der Waals surface area contributed by atoms with Crippen molar-refractivity contribution in [1.82, 2.24) is 4.98 Å². The van der Waals surface area contributed by atoms with E-state index in [0.717, 1.165) is 0 Å². The summed E-state index contributed by atoms with van der Waals surface area (Å²) in [5.41, 5.74) is -0.126. The molecular weight excluding hydrogens is 258 g/mol. The molecule has 0 aliphatic carbocycles. The Balaban J connectivity index is 2.57. The van der Waals surface area contributed by atoms with Gasteiger partial charge in [-0.05, 0) is 17.7 Å². The molecule has 0 saturated carbocycles. The summed E-state index contributed by atoms with van der Waals surface area (Å²) < 4.78 is 4.39. The van der Waals surface area contributed by atoms with Crippen molar-refractivity contribution in [3.05, 3.63) is 44.7 Å². The standard InChI is InChI=1S/C11H11NO5S/c13-8(4-18)9(14)5-1-2-7-6(3-5)10(15)17-11(16)12-7/h1-3,8-9,13-14,18H,4H2,(H,12,16). The number of rotatable bonds is 3. The number of nitrogens with one attached hydrogen (secondary N) is 1. The van der Waals surface area contributed by atoms with Gasteiger partial charge in [-0.25, -0.2) is 9.59 Å². The zero-order chi connectivity index (χ0) is 13.3. The minimum absolute atomic E-state index is 0.0828. The van der Waals surface area contributed by atoms with E-state index in [0.29, 0.717) is 11.1 Å². The van der Waals surface area contributed by atoms with Crippen LogP contribution < -0.4 is 11.4 Å². The van der Waals surface area contributed by atoms with Gasteiger partial charge < -0.3 is 14.6 Å². The molecule has 0 fully saturated rings. The minimum atomic E-state index is -1.15. The van der Waals surface area contributed by atoms with E-state index >= 15 is 0 Å². The molecule has 0 bridgehead atoms. The van der Waals surface area contributed by atoms with Crippen molar-refractivity contribution >= 4 is 23.5 Å². The van der Waals surface area contributed by atoms with Gasteiger partial charge in [0.15, 0.2) is 0 Å². The number of aliphatic hydroxyl groups is 2. The van der Waals surface area contributed by atoms with E-state index < -0.39 is 23.6 Å². The molecule has 3 N–H and O–H groups in total. The molecule has 2 atom stereocenters. The van der Waals surface area contributed by atoms with Crippen LogP contribution in [-0.4, -0.2) is 27.1 Å². The predicted octanol–water partition coefficient (Wildman–Crippen LogP) is -0.195. The SMILES string of the molecule is O=c1[nH]c2ccc(C(O)C(O)CS)cc2c(=O)o1. The Morgan fingerprint density at radius 1 is 1.33 bits per heavy atom. The van der Waals surface area contributed by atoms with Crippen LogP contribution in [-0.2, 0) is 0 Å². The second kappa shape index (κ2) is 4.97. The van der Waals surface area contributed by atoms with Gasteiger partial charge in [-0.3, -0.25) is 4.98 Å². The van der Waals surface area contributed by atoms with E-state index in [9.17, 15) is 19.8 Å². The highest BCUT2D eigenvalue weighted by Crippen LogP contribution is 2.20. The fraction of sp³-hybridized carbons (Fsp3) is 0.273. The van der Waals surface area contributed by atoms with Crippen molar-refractivity contribution in [1.29, 1.82) is 0 Å². The third-order valence-corrected chi connectivity index (χ3v) is 2.95. The van der Waals surface area contributed by atoms with Gasteiger partial charge in [-0.15, -0.1) is 0 Å². The summed E-state index contributed by atoms with van der Waals surface area (Å²) in [6, 6.07) is 4.35. The molecule has 0 amide bonds. The molecule has 96 valence electrons. The van der Waals surface area contributed by atoms with Crippen molar-refractivity contribution in [2.45, 2.75) is 12.2 Å². The zero-order valence-electron chi connectivity index (χ0n) is 9.16. The van der Waals surface area contributed by atoms with Crippen molar-refractivity contribution < 1.29 is 14.6 Å². The Morgan fingerprint density at radius 3 is 2.72 bits per heavy atom. The lowest BCUT2D eigenvalue weighted by Gasteiger charge is -2.16. The molecule has 2 unspecified atom stereocenters. The van der Waals surface area contributed by atoms with E-state index in [2.05, 4.69) is 22.0 Å². The lowest BCUT2D eigenvalue weighted by molar-refractivity contribution is 0.0338. The van der Waals surface area contributed by atoms with Crippen molar-refractivity contribution in [2.24, 2.45) is 0 Å². The second-order valence-corrected chi connectivity index (χ2v) is 4.17. The average Bonchev–Trinajstić information content (AvgIpc) is 2.36. The summed E-state index contributed by atoms with van der Waals surface area (Å²) in [6.45, 7) is 0. The first kappa shape index (κ1) is 12.9. The molecule has 0 saturated heterocycles. The van der Waals surface area contributed by atoms with Gasteiger partial charge in [0.1, 0.15) is 6.10 Å². The van der Waals surface area contributed by atoms with Gasteiger partial charge in [0.2, 0.25) is 0 Å². The summed E-state index contributed by atoms with van der Waals surface area (Å²) in [5.74, 6) is -0.754. The first-order chi connectivity index (χ1) is 8.52. The van der Waals surface area contributed by atoms with E-state index in [-0.39, 0.29) is 11.1 Å². The summed E-state index contributed by atoms with van der Waals surface area (Å²) in [7, 11) is 0. The number of aromatic amines is 1. The highest BCUT2D eigenvalue weighted by Gasteiger charge is 2.17. The molecular formula is C11H11NO5S. The topological polar surface area (TPSA) is 104 Å². The van der Waals surface area contributed by atoms with Crippen LogP contribution in [0.4, 0.5) is 0 Å². The van der Waals surface area contributed by atoms with E-state index in [1.807, 2.05) is 0 Å². The summed E-state index contributed by atoms with van der Waals surface area (Å²) in [4.78, 5) is 24.8. The van der Waals surface area contributed by atoms with Crippen LogP contribution in [0.3, 0.4) is 0 Å². The van der Waals surface area contributed by atoms with Gasteiger partial charge in [0.05, 0.1) is 17.0 Å². The molecule has 0 aliphatic heterocycles. The number of aromatic nitrogens is 1. The van der Waals surface area contributed by atoms with Gasteiger partial charge in [-0.2, -0.15) is 12.6 Å². The second-order valence-electron chi connectivity index (χ2n) is 3.80. The van der Waals surface area contributed by atoms with E-state index in [4.69, 9.17) is 0 Å². The highest BCUT2D eigenvalue weighted by atomic mass is 32.1. The van der Waals surface area contributed by atoms with Gasteiger partial charge in [-0.1, -0.05) is 6.07 Å². The molecule has 0 aliphatic rings. The van der Waals surface area contributed by atoms with Crippen LogP contribution in [0.25, 0.3) is 10.9 Å². The summed E-state index contributed by atoms with van der Waals surface area (Å²) in [6.07, 6.45) is -2.20. The lowest BCUT2D eigenvalue weighted by Crippen LogP contribution is -2.20. The van der Waals surface area contributed by atoms with Crippen molar-refractivity contribution in [3.8, 4) is 0 Å². The monoisotopic (exact) mass is 269 g/mol. The quantitative estimate of drug-likeness (QED) is 0.578. The van der Waals surface area contributed by atoms with E-state index in [1.54, 1.807) is 0 Å². The Morgan fingerprint density at radius 2 is 2.06 bits per heavy atom. The Hall–Kier alpha value is -1.57. The summed E-state index contributed by atoms with van der Waals surface area (Å²) in [5, 5.41) is 19.4. The fourth-order valence-corrected chi connectivity index (χ4v) is 1.82. The van der Waals surface area contributed by atoms with Crippen molar-refractivity contribution in [2.75, 3.05) is 5.75 Å². The summed E-state index contributed by atoms with van der Waals surface area (Å²) >= 11 is 3.87. The number of benzene rings is 1. The van der Waals surface area contributed by atoms with Crippen molar-refractivity contribution in [3.63, 3.8) is 0 Å². The predicted molar refractivity (Wildman–Crippen MR) is 67.9 cm³/mol. The number of hydrogen-bond acceptors (Lipinski definition) is 6. The number of H-pyrrole nitrogens is 1. The number of fused-ring (bicyclic) bond motifs is 1. The number of hydrogen-bond donors (Lipinski definition) is 4. The third kappa shape index (κ3) is 2.33. The Labute approximate surface area is 106 Å². The van der Waals surface area contributed by atoms with Crippen LogP contribution in [0.15, 0.2) is 32.2 Å². The Kier molecular flexibility index (Phi) is 3.55. The molecule has 2 aromatic rings. The van der Waals surface area contributed by atoms with Crippen LogP contribution in [0.1, 0.15) is 11.7 Å². The first-order valence-electron chi connectivity index (χ1n) is 5.17. The van der Waals surface area contributed by atoms with Gasteiger partial charge in [0, 0.05) is 5.75 Å². The van der Waals surface area contributed by atoms with Crippen LogP contribution in [0, 0.1) is 0 Å². The smallest absolute Gasteiger partial charge is 0.389 e. The van der Waals surface area contributed by atoms with Crippen LogP contribution in [0.5, 0.6) is 0 Å². The number of thiol groups is 1. The zero-order valence-corrected chi connectivity index (χ0v) is 10.1. The number of aliphatic hydroxyl groups excluding tert-OH is 2. The molecule has 1 heterocycles. The Bertz CT molecular complexity index is 677. The van der Waals surface area contributed by atoms with Gasteiger partial charge >= 0.3 is 11.4 Å². The highest BCUT2D eigenvalue weighted by molar-refractivity contribution is 7.80. The maximum absolute atomic E-state index is 11.5. The molecule has 2 rings (SSSR count). The van der Waals surface area contributed by atoms with Crippen LogP contribution >= 0.6 is 12.6 Å². The molecule has 0 radical (unpaired) electrons. The van der Waals surface area contributed by atoms with Gasteiger partial charge in [0.25, 0.3) is 0 Å². The average molecular weight is 269 g/mol. The molecule has 7 heteroatoms. The molecule has 0 spiro atoms. The largest absolute Gasteiger partial charge is 0.419 e. The fourth-order valence-electron chi connectivity index (χ4n) is 1.62. The first-order valence-corrected chi connectivity index (χ1v) is 5.80. The van der Waals surface area contributed by atoms with E-state index in [1.165, 1.54) is 18.2 Å². The molecule has 1 aromatic carbocycles. The maximum atomic E-state index is 11.5. The minimum Gasteiger partial charge on any atom is -0.389 e. The maximum Gasteiger partial charge on any atom is 0.419 e. The lowest BCUT2D eigenvalue weighted by atomic mass is 10.0. The molecule has 1 aromatic heterocycles. The third-order valence-electron chi connectivity index (χ3n) is 2.58. The molecule has 18 heavy (non-hydrogen) atoms. The molecule has 6 nitrogen and oxygen atoms in total. The van der Waals surface area contributed by atoms with Crippen LogP contribution in [0.2, 0.25) is 0 Å².